The Morgan fingerprint density at radius 2 is 0.948 bits per heavy atom. The number of rotatable bonds is 4. The number of nitrogens with zero attached hydrogens (tertiary/aromatic N) is 5. The lowest BCUT2D eigenvalue weighted by atomic mass is 9.95. The Bertz CT molecular complexity index is 3430. The molecule has 0 saturated carbocycles. The van der Waals surface area contributed by atoms with Crippen LogP contribution >= 0.6 is 0 Å². The first-order valence-electron chi connectivity index (χ1n) is 19.2. The molecule has 58 heavy (non-hydrogen) atoms. The van der Waals surface area contributed by atoms with Crippen molar-refractivity contribution in [2.45, 2.75) is 5.92 Å². The van der Waals surface area contributed by atoms with E-state index in [9.17, 15) is 0 Å². The summed E-state index contributed by atoms with van der Waals surface area (Å²) in [4.78, 5) is 19.7. The molecule has 7 heteroatoms. The van der Waals surface area contributed by atoms with E-state index in [1.807, 2.05) is 91.0 Å². The third kappa shape index (κ3) is 4.80. The van der Waals surface area contributed by atoms with E-state index in [0.717, 1.165) is 71.4 Å². The number of halogens is 2. The molecule has 0 amide bonds. The van der Waals surface area contributed by atoms with Gasteiger partial charge in [-0.3, -0.25) is 4.40 Å². The second-order valence-corrected chi connectivity index (χ2v) is 14.8. The number of alkyl halides is 2. The van der Waals surface area contributed by atoms with E-state index in [2.05, 4.69) is 65.1 Å². The Labute approximate surface area is 330 Å². The smallest absolute Gasteiger partial charge is 0.292 e. The minimum absolute atomic E-state index is 0.0179. The predicted octanol–water partition coefficient (Wildman–Crippen LogP) is 12.9. The zero-order valence-electron chi connectivity index (χ0n) is 30.7. The SMILES string of the molecule is FC1(F)c2ccc(-c3ccc4c5ccc6ccccc6c5c5nc6ccccc6n5c4c3)cc2-c2cc(-c3nc(-c4ccccc4)nc(-c4ccccc4)n3)ccc21. The van der Waals surface area contributed by atoms with Crippen molar-refractivity contribution in [1.82, 2.24) is 24.3 Å². The monoisotopic (exact) mass is 749 g/mol. The average molecular weight is 750 g/mol. The Morgan fingerprint density at radius 1 is 0.397 bits per heavy atom. The third-order valence-electron chi connectivity index (χ3n) is 11.5. The van der Waals surface area contributed by atoms with E-state index in [1.54, 1.807) is 18.2 Å². The highest BCUT2D eigenvalue weighted by molar-refractivity contribution is 6.23. The molecule has 0 saturated heterocycles. The van der Waals surface area contributed by atoms with Gasteiger partial charge in [0, 0.05) is 38.6 Å². The Hall–Kier alpha value is -7.64. The maximum atomic E-state index is 16.3. The number of aromatic nitrogens is 5. The highest BCUT2D eigenvalue weighted by Gasteiger charge is 2.44. The first kappa shape index (κ1) is 32.6. The van der Waals surface area contributed by atoms with Crippen LogP contribution in [-0.2, 0) is 5.92 Å². The van der Waals surface area contributed by atoms with Crippen LogP contribution in [0.2, 0.25) is 0 Å². The van der Waals surface area contributed by atoms with Gasteiger partial charge < -0.3 is 0 Å². The standard InChI is InChI=1S/C51H29F2N5/c52-51(53)41-25-21-33(34-20-23-37-38-24-19-30-11-7-8-16-36(30)46(38)50-54-43-17-9-10-18-44(43)58(50)45(37)29-34)27-39(41)40-28-35(22-26-42(40)51)49-56-47(31-12-3-1-4-13-31)55-48(57-49)32-14-5-2-6-15-32/h1-29H. The summed E-state index contributed by atoms with van der Waals surface area (Å²) in [6.45, 7) is 0. The molecule has 11 aromatic rings. The predicted molar refractivity (Wildman–Crippen MR) is 229 cm³/mol. The highest BCUT2D eigenvalue weighted by Crippen LogP contribution is 2.53. The maximum absolute atomic E-state index is 16.3. The summed E-state index contributed by atoms with van der Waals surface area (Å²) in [5, 5.41) is 5.61. The van der Waals surface area contributed by atoms with Crippen molar-refractivity contribution in [3.8, 4) is 56.4 Å². The van der Waals surface area contributed by atoms with Crippen molar-refractivity contribution in [2.24, 2.45) is 0 Å². The van der Waals surface area contributed by atoms with Crippen LogP contribution in [0.15, 0.2) is 176 Å². The fourth-order valence-corrected chi connectivity index (χ4v) is 8.78. The molecule has 3 aromatic heterocycles. The molecule has 0 unspecified atom stereocenters. The van der Waals surface area contributed by atoms with Crippen molar-refractivity contribution in [3.63, 3.8) is 0 Å². The molecule has 12 rings (SSSR count). The quantitative estimate of drug-likeness (QED) is 0.168. The summed E-state index contributed by atoms with van der Waals surface area (Å²) in [5.74, 6) is -1.74. The Kier molecular flexibility index (Phi) is 6.84. The fourth-order valence-electron chi connectivity index (χ4n) is 8.78. The average Bonchev–Trinajstić information content (AvgIpc) is 3.78. The van der Waals surface area contributed by atoms with Gasteiger partial charge in [-0.2, -0.15) is 8.78 Å². The second kappa shape index (κ2) is 12.2. The van der Waals surface area contributed by atoms with Gasteiger partial charge in [-0.25, -0.2) is 19.9 Å². The van der Waals surface area contributed by atoms with Gasteiger partial charge in [0.1, 0.15) is 5.65 Å². The number of benzene rings is 8. The lowest BCUT2D eigenvalue weighted by molar-refractivity contribution is 0.0480. The number of imidazole rings is 1. The van der Waals surface area contributed by atoms with Crippen molar-refractivity contribution in [1.29, 1.82) is 0 Å². The maximum Gasteiger partial charge on any atom is 0.299 e. The van der Waals surface area contributed by atoms with Gasteiger partial charge in [-0.1, -0.05) is 146 Å². The summed E-state index contributed by atoms with van der Waals surface area (Å²) in [6.07, 6.45) is 0. The molecule has 272 valence electrons. The van der Waals surface area contributed by atoms with Gasteiger partial charge in [0.05, 0.1) is 16.6 Å². The molecule has 0 N–H and O–H groups in total. The third-order valence-corrected chi connectivity index (χ3v) is 11.5. The lowest BCUT2D eigenvalue weighted by Crippen LogP contribution is -2.10. The van der Waals surface area contributed by atoms with Crippen LogP contribution in [0.5, 0.6) is 0 Å². The lowest BCUT2D eigenvalue weighted by Gasteiger charge is -2.14. The molecule has 3 heterocycles. The van der Waals surface area contributed by atoms with Gasteiger partial charge in [-0.05, 0) is 68.7 Å². The molecule has 8 aromatic carbocycles. The number of para-hydroxylation sites is 2. The van der Waals surface area contributed by atoms with Crippen molar-refractivity contribution >= 4 is 49.1 Å². The van der Waals surface area contributed by atoms with E-state index in [1.165, 1.54) is 6.07 Å². The summed E-state index contributed by atoms with van der Waals surface area (Å²) >= 11 is 0. The van der Waals surface area contributed by atoms with Gasteiger partial charge in [0.25, 0.3) is 5.92 Å². The molecule has 0 spiro atoms. The Balaban J connectivity index is 1.04. The summed E-state index contributed by atoms with van der Waals surface area (Å²) < 4.78 is 34.8. The van der Waals surface area contributed by atoms with Crippen LogP contribution in [-0.4, -0.2) is 24.3 Å². The number of hydrogen-bond acceptors (Lipinski definition) is 4. The van der Waals surface area contributed by atoms with Gasteiger partial charge in [0.15, 0.2) is 17.5 Å². The van der Waals surface area contributed by atoms with Gasteiger partial charge in [-0.15, -0.1) is 0 Å². The zero-order valence-corrected chi connectivity index (χ0v) is 30.7. The molecule has 0 bridgehead atoms. The van der Waals surface area contributed by atoms with Crippen LogP contribution in [0.25, 0.3) is 106 Å². The number of hydrogen-bond donors (Lipinski definition) is 0. The Morgan fingerprint density at radius 3 is 1.67 bits per heavy atom. The zero-order chi connectivity index (χ0) is 38.5. The first-order chi connectivity index (χ1) is 28.5. The largest absolute Gasteiger partial charge is 0.299 e. The van der Waals surface area contributed by atoms with E-state index in [4.69, 9.17) is 19.9 Å². The molecule has 1 aliphatic rings. The fraction of sp³-hybridized carbons (Fsp3) is 0.0196. The molecule has 5 nitrogen and oxygen atoms in total. The highest BCUT2D eigenvalue weighted by atomic mass is 19.3. The summed E-state index contributed by atoms with van der Waals surface area (Å²) in [5.41, 5.74) is 8.75. The van der Waals surface area contributed by atoms with Crippen LogP contribution in [0.1, 0.15) is 11.1 Å². The van der Waals surface area contributed by atoms with Gasteiger partial charge >= 0.3 is 0 Å². The molecule has 0 atom stereocenters. The van der Waals surface area contributed by atoms with Crippen LogP contribution < -0.4 is 0 Å². The minimum atomic E-state index is -3.17. The van der Waals surface area contributed by atoms with E-state index >= 15 is 8.78 Å². The van der Waals surface area contributed by atoms with Crippen molar-refractivity contribution < 1.29 is 8.78 Å². The molecule has 1 aliphatic carbocycles. The molecular formula is C51H29F2N5. The van der Waals surface area contributed by atoms with Crippen LogP contribution in [0, 0.1) is 0 Å². The second-order valence-electron chi connectivity index (χ2n) is 14.8. The van der Waals surface area contributed by atoms with Gasteiger partial charge in [0.2, 0.25) is 0 Å². The van der Waals surface area contributed by atoms with E-state index < -0.39 is 5.92 Å². The summed E-state index contributed by atoms with van der Waals surface area (Å²) in [6, 6.07) is 57.1. The van der Waals surface area contributed by atoms with Crippen LogP contribution in [0.4, 0.5) is 8.78 Å². The van der Waals surface area contributed by atoms with Crippen molar-refractivity contribution in [2.75, 3.05) is 0 Å². The van der Waals surface area contributed by atoms with E-state index in [-0.39, 0.29) is 11.1 Å². The summed E-state index contributed by atoms with van der Waals surface area (Å²) in [7, 11) is 0. The van der Waals surface area contributed by atoms with Crippen LogP contribution in [0.3, 0.4) is 0 Å². The topological polar surface area (TPSA) is 56.0 Å². The molecule has 0 aliphatic heterocycles. The molecular weight excluding hydrogens is 721 g/mol. The first-order valence-corrected chi connectivity index (χ1v) is 19.2. The molecule has 0 fully saturated rings. The van der Waals surface area contributed by atoms with E-state index in [0.29, 0.717) is 34.2 Å². The van der Waals surface area contributed by atoms with Crippen molar-refractivity contribution in [3.05, 3.63) is 187 Å². The number of pyridine rings is 1. The number of fused-ring (bicyclic) bond motifs is 13. The normalized spacial score (nSPS) is 13.1. The minimum Gasteiger partial charge on any atom is -0.292 e. The molecule has 0 radical (unpaired) electrons.